The molecule has 1 aliphatic rings. The van der Waals surface area contributed by atoms with Crippen molar-refractivity contribution in [3.8, 4) is 5.75 Å². The Balaban J connectivity index is 1.71. The van der Waals surface area contributed by atoms with Gasteiger partial charge in [-0.2, -0.15) is 4.72 Å². The van der Waals surface area contributed by atoms with Crippen LogP contribution < -0.4 is 14.8 Å². The Morgan fingerprint density at radius 2 is 2.00 bits per heavy atom. The average Bonchev–Trinajstić information content (AvgIpc) is 3.03. The molecule has 13 heteroatoms. The maximum absolute atomic E-state index is 12.8. The molecule has 1 aromatic carbocycles. The summed E-state index contributed by atoms with van der Waals surface area (Å²) < 4.78 is 57.7. The van der Waals surface area contributed by atoms with E-state index in [1.165, 1.54) is 35.5 Å². The molecule has 32 heavy (non-hydrogen) atoms. The minimum absolute atomic E-state index is 0.000410. The summed E-state index contributed by atoms with van der Waals surface area (Å²) in [6.45, 7) is 2.31. The number of carbonyl (C=O) groups is 2. The second-order valence-corrected chi connectivity index (χ2v) is 9.19. The number of alkyl halides is 2. The number of nitrogens with one attached hydrogen (secondary N) is 2. The number of carbonyl (C=O) groups excluding carboxylic acids is 2. The average molecular weight is 469 g/mol. The summed E-state index contributed by atoms with van der Waals surface area (Å²) >= 11 is 0. The van der Waals surface area contributed by atoms with Crippen molar-refractivity contribution < 1.29 is 31.5 Å². The number of urea groups is 1. The molecular formula is C19H21F2N5O5S. The Morgan fingerprint density at radius 3 is 2.59 bits per heavy atom. The molecule has 1 aromatic heterocycles. The van der Waals surface area contributed by atoms with Gasteiger partial charge in [-0.3, -0.25) is 20.1 Å². The zero-order chi connectivity index (χ0) is 23.5. The van der Waals surface area contributed by atoms with Gasteiger partial charge in [-0.1, -0.05) is 6.07 Å². The predicted octanol–water partition coefficient (Wildman–Crippen LogP) is 1.39. The second-order valence-electron chi connectivity index (χ2n) is 7.51. The quantitative estimate of drug-likeness (QED) is 0.531. The first-order chi connectivity index (χ1) is 15.0. The monoisotopic (exact) mass is 469 g/mol. The van der Waals surface area contributed by atoms with Gasteiger partial charge in [0.25, 0.3) is 6.43 Å². The minimum Gasteiger partial charge on any atom is -0.488 e. The molecule has 10 nitrogen and oxygen atoms in total. The number of halogens is 2. The number of aromatic nitrogens is 2. The Morgan fingerprint density at radius 1 is 1.25 bits per heavy atom. The van der Waals surface area contributed by atoms with E-state index in [4.69, 9.17) is 4.74 Å². The third kappa shape index (κ3) is 5.73. The third-order valence-electron chi connectivity index (χ3n) is 4.45. The summed E-state index contributed by atoms with van der Waals surface area (Å²) in [5.41, 5.74) is -0.455. The number of hydrogen-bond acceptors (Lipinski definition) is 7. The van der Waals surface area contributed by atoms with Gasteiger partial charge < -0.3 is 9.64 Å². The maximum atomic E-state index is 12.8. The number of hydrogen-bond donors (Lipinski definition) is 2. The molecule has 172 valence electrons. The van der Waals surface area contributed by atoms with E-state index < -0.39 is 40.5 Å². The Bertz CT molecular complexity index is 1110. The Hall–Kier alpha value is -3.19. The van der Waals surface area contributed by atoms with Gasteiger partial charge in [-0.25, -0.2) is 22.0 Å². The number of sulfonamides is 1. The van der Waals surface area contributed by atoms with Crippen molar-refractivity contribution >= 4 is 22.0 Å². The molecular weight excluding hydrogens is 448 g/mol. The van der Waals surface area contributed by atoms with Crippen LogP contribution in [0.4, 0.5) is 13.6 Å². The highest BCUT2D eigenvalue weighted by atomic mass is 32.2. The summed E-state index contributed by atoms with van der Waals surface area (Å²) in [6, 6.07) is 4.71. The summed E-state index contributed by atoms with van der Waals surface area (Å²) in [7, 11) is -4.05. The van der Waals surface area contributed by atoms with Crippen LogP contribution in [0.2, 0.25) is 0 Å². The fourth-order valence-electron chi connectivity index (χ4n) is 2.90. The third-order valence-corrected chi connectivity index (χ3v) is 6.10. The summed E-state index contributed by atoms with van der Waals surface area (Å²) in [5, 5.41) is 2.16. The number of amides is 3. The molecule has 0 bridgehead atoms. The normalized spacial score (nSPS) is 14.7. The molecule has 0 atom stereocenters. The molecule has 0 unspecified atom stereocenters. The lowest BCUT2D eigenvalue weighted by molar-refractivity contribution is -0.118. The van der Waals surface area contributed by atoms with E-state index >= 15 is 0 Å². The van der Waals surface area contributed by atoms with Crippen molar-refractivity contribution in [2.24, 2.45) is 0 Å². The lowest BCUT2D eigenvalue weighted by atomic mass is 10.0. The highest BCUT2D eigenvalue weighted by Crippen LogP contribution is 2.23. The fourth-order valence-corrected chi connectivity index (χ4v) is 4.33. The molecule has 1 aliphatic heterocycles. The molecule has 1 saturated heterocycles. The van der Waals surface area contributed by atoms with E-state index in [1.807, 2.05) is 0 Å². The van der Waals surface area contributed by atoms with Gasteiger partial charge in [0.05, 0.1) is 40.8 Å². The molecule has 0 aliphatic carbocycles. The van der Waals surface area contributed by atoms with Crippen LogP contribution >= 0.6 is 0 Å². The van der Waals surface area contributed by atoms with Crippen LogP contribution in [0.1, 0.15) is 25.2 Å². The van der Waals surface area contributed by atoms with Crippen molar-refractivity contribution in [3.05, 3.63) is 48.0 Å². The summed E-state index contributed by atoms with van der Waals surface area (Å²) in [6.07, 6.45) is 0.0741. The van der Waals surface area contributed by atoms with Crippen LogP contribution in [0.5, 0.6) is 5.75 Å². The van der Waals surface area contributed by atoms with Crippen LogP contribution in [-0.2, 0) is 26.9 Å². The first-order valence-electron chi connectivity index (χ1n) is 9.41. The smallest absolute Gasteiger partial charge is 0.324 e. The highest BCUT2D eigenvalue weighted by molar-refractivity contribution is 7.89. The van der Waals surface area contributed by atoms with Gasteiger partial charge in [0.15, 0.2) is 0 Å². The van der Waals surface area contributed by atoms with Crippen LogP contribution in [0, 0.1) is 0 Å². The topological polar surface area (TPSA) is 131 Å². The Kier molecular flexibility index (Phi) is 6.69. The zero-order valence-corrected chi connectivity index (χ0v) is 18.0. The SMILES string of the molecule is CC(C)(NS(=O)(=O)c1cccc(OCC(F)F)c1)c1cnc(CN2CC(=O)NC2=O)cn1. The lowest BCUT2D eigenvalue weighted by Gasteiger charge is -2.25. The molecule has 0 radical (unpaired) electrons. The first kappa shape index (κ1) is 23.5. The minimum atomic E-state index is -4.05. The second kappa shape index (κ2) is 9.12. The van der Waals surface area contributed by atoms with E-state index in [-0.39, 0.29) is 23.7 Å². The van der Waals surface area contributed by atoms with Gasteiger partial charge in [0.2, 0.25) is 15.9 Å². The van der Waals surface area contributed by atoms with Crippen molar-refractivity contribution in [1.82, 2.24) is 24.9 Å². The van der Waals surface area contributed by atoms with E-state index in [9.17, 15) is 26.8 Å². The molecule has 2 aromatic rings. The largest absolute Gasteiger partial charge is 0.488 e. The van der Waals surface area contributed by atoms with Gasteiger partial charge >= 0.3 is 6.03 Å². The zero-order valence-electron chi connectivity index (χ0n) is 17.2. The van der Waals surface area contributed by atoms with Crippen LogP contribution in [-0.4, -0.2) is 54.8 Å². The van der Waals surface area contributed by atoms with E-state index in [1.54, 1.807) is 13.8 Å². The lowest BCUT2D eigenvalue weighted by Crippen LogP contribution is -2.41. The molecule has 1 fully saturated rings. The van der Waals surface area contributed by atoms with Crippen molar-refractivity contribution in [2.75, 3.05) is 13.2 Å². The first-order valence-corrected chi connectivity index (χ1v) is 10.9. The molecule has 2 N–H and O–H groups in total. The predicted molar refractivity (Wildman–Crippen MR) is 107 cm³/mol. The van der Waals surface area contributed by atoms with Crippen molar-refractivity contribution in [1.29, 1.82) is 0 Å². The van der Waals surface area contributed by atoms with E-state index in [0.29, 0.717) is 11.4 Å². The molecule has 0 spiro atoms. The summed E-state index contributed by atoms with van der Waals surface area (Å²) in [4.78, 5) is 32.4. The standard InChI is InChI=1S/C19H21F2N5O5S/c1-19(2,15-8-22-12(7-23-15)9-26-10-17(27)24-18(26)28)25-32(29,30)14-5-3-4-13(6-14)31-11-16(20)21/h3-8,16,25H,9-11H2,1-2H3,(H,24,27,28). The van der Waals surface area contributed by atoms with Crippen LogP contribution in [0.25, 0.3) is 0 Å². The maximum Gasteiger partial charge on any atom is 0.324 e. The summed E-state index contributed by atoms with van der Waals surface area (Å²) in [5.74, 6) is -0.404. The number of imide groups is 1. The number of benzene rings is 1. The number of rotatable bonds is 9. The number of nitrogens with zero attached hydrogens (tertiary/aromatic N) is 3. The van der Waals surface area contributed by atoms with Crippen molar-refractivity contribution in [3.63, 3.8) is 0 Å². The van der Waals surface area contributed by atoms with E-state index in [0.717, 1.165) is 6.07 Å². The van der Waals surface area contributed by atoms with Crippen LogP contribution in [0.3, 0.4) is 0 Å². The number of ether oxygens (including phenoxy) is 1. The van der Waals surface area contributed by atoms with E-state index in [2.05, 4.69) is 20.0 Å². The van der Waals surface area contributed by atoms with Gasteiger partial charge in [0.1, 0.15) is 18.9 Å². The highest BCUT2D eigenvalue weighted by Gasteiger charge is 2.31. The fraction of sp³-hybridized carbons (Fsp3) is 0.368. The molecule has 3 rings (SSSR count). The van der Waals surface area contributed by atoms with Gasteiger partial charge in [-0.15, -0.1) is 0 Å². The van der Waals surface area contributed by atoms with Crippen LogP contribution in [0.15, 0.2) is 41.6 Å². The molecule has 2 heterocycles. The van der Waals surface area contributed by atoms with Gasteiger partial charge in [0, 0.05) is 6.07 Å². The molecule has 0 saturated carbocycles. The Labute approximate surface area is 183 Å². The van der Waals surface area contributed by atoms with Gasteiger partial charge in [-0.05, 0) is 26.0 Å². The van der Waals surface area contributed by atoms with Crippen molar-refractivity contribution in [2.45, 2.75) is 37.3 Å². The molecule has 3 amide bonds.